The summed E-state index contributed by atoms with van der Waals surface area (Å²) < 4.78 is 28.2. The van der Waals surface area contributed by atoms with E-state index >= 15 is 0 Å². The number of hydrogen-bond acceptors (Lipinski definition) is 5. The Hall–Kier alpha value is -3.20. The number of aryl methyl sites for hydroxylation is 1. The maximum absolute atomic E-state index is 12.9. The van der Waals surface area contributed by atoms with Gasteiger partial charge in [0.1, 0.15) is 0 Å². The summed E-state index contributed by atoms with van der Waals surface area (Å²) in [5.74, 6) is -1.16. The Morgan fingerprint density at radius 2 is 1.80 bits per heavy atom. The number of nitrogens with zero attached hydrogens (tertiary/aromatic N) is 4. The lowest BCUT2D eigenvalue weighted by Crippen LogP contribution is -2.13. The van der Waals surface area contributed by atoms with Crippen molar-refractivity contribution in [2.45, 2.75) is 11.8 Å². The number of aromatic carboxylic acids is 1. The summed E-state index contributed by atoms with van der Waals surface area (Å²) in [6, 6.07) is 7.98. The minimum atomic E-state index is -3.85. The summed E-state index contributed by atoms with van der Waals surface area (Å²) in [6.45, 7) is 1.87. The normalized spacial score (nSPS) is 12.0. The van der Waals surface area contributed by atoms with Crippen LogP contribution in [0, 0.1) is 6.92 Å². The van der Waals surface area contributed by atoms with Gasteiger partial charge in [-0.1, -0.05) is 17.7 Å². The molecule has 8 nitrogen and oxygen atoms in total. The highest BCUT2D eigenvalue weighted by Gasteiger charge is 2.22. The lowest BCUT2D eigenvalue weighted by molar-refractivity contribution is 0.0690. The molecule has 0 saturated heterocycles. The highest BCUT2D eigenvalue weighted by Crippen LogP contribution is 2.23. The molecule has 0 spiro atoms. The molecule has 0 fully saturated rings. The Labute approximate surface area is 142 Å². The third kappa shape index (κ3) is 2.20. The molecule has 0 saturated carbocycles. The van der Waals surface area contributed by atoms with E-state index in [0.717, 1.165) is 9.54 Å². The minimum Gasteiger partial charge on any atom is -0.477 e. The molecule has 0 radical (unpaired) electrons. The molecule has 4 rings (SSSR count). The van der Waals surface area contributed by atoms with Crippen LogP contribution in [0.3, 0.4) is 0 Å². The van der Waals surface area contributed by atoms with E-state index in [4.69, 9.17) is 0 Å². The van der Waals surface area contributed by atoms with Crippen LogP contribution in [-0.2, 0) is 10.0 Å². The van der Waals surface area contributed by atoms with E-state index in [-0.39, 0.29) is 16.2 Å². The van der Waals surface area contributed by atoms with E-state index in [9.17, 15) is 18.3 Å². The van der Waals surface area contributed by atoms with Crippen molar-refractivity contribution < 1.29 is 18.3 Å². The van der Waals surface area contributed by atoms with Gasteiger partial charge in [0.05, 0.1) is 22.8 Å². The smallest absolute Gasteiger partial charge is 0.354 e. The molecule has 3 aromatic heterocycles. The van der Waals surface area contributed by atoms with Crippen molar-refractivity contribution in [2.75, 3.05) is 0 Å². The summed E-state index contributed by atoms with van der Waals surface area (Å²) in [6.07, 6.45) is 3.92. The first kappa shape index (κ1) is 15.3. The zero-order valence-corrected chi connectivity index (χ0v) is 13.8. The summed E-state index contributed by atoms with van der Waals surface area (Å²) in [4.78, 5) is 19.6. The van der Waals surface area contributed by atoms with Crippen LogP contribution in [0.25, 0.3) is 16.8 Å². The van der Waals surface area contributed by atoms with Crippen molar-refractivity contribution in [1.29, 1.82) is 0 Å². The maximum atomic E-state index is 12.9. The molecule has 4 aromatic rings. The Balaban J connectivity index is 2.01. The van der Waals surface area contributed by atoms with Crippen LogP contribution in [-0.4, -0.2) is 37.8 Å². The molecule has 9 heteroatoms. The van der Waals surface area contributed by atoms with E-state index < -0.39 is 16.0 Å². The van der Waals surface area contributed by atoms with Gasteiger partial charge in [-0.15, -0.1) is 0 Å². The van der Waals surface area contributed by atoms with Gasteiger partial charge in [-0.2, -0.15) is 0 Å². The van der Waals surface area contributed by atoms with Gasteiger partial charge < -0.3 is 5.11 Å². The van der Waals surface area contributed by atoms with Crippen molar-refractivity contribution >= 4 is 32.8 Å². The molecule has 126 valence electrons. The first-order valence-corrected chi connectivity index (χ1v) is 8.72. The van der Waals surface area contributed by atoms with Gasteiger partial charge in [0, 0.05) is 6.20 Å². The first-order valence-electron chi connectivity index (χ1n) is 7.28. The maximum Gasteiger partial charge on any atom is 0.354 e. The Morgan fingerprint density at radius 1 is 1.08 bits per heavy atom. The van der Waals surface area contributed by atoms with Crippen molar-refractivity contribution in [3.8, 4) is 0 Å². The van der Waals surface area contributed by atoms with E-state index in [2.05, 4.69) is 9.97 Å². The second kappa shape index (κ2) is 5.15. The topological polar surface area (TPSA) is 107 Å². The summed E-state index contributed by atoms with van der Waals surface area (Å²) in [5.41, 5.74) is 1.69. The lowest BCUT2D eigenvalue weighted by atomic mass is 10.2. The zero-order valence-electron chi connectivity index (χ0n) is 13.0. The number of rotatable bonds is 3. The number of hydrogen-bond donors (Lipinski definition) is 1. The molecule has 0 amide bonds. The molecule has 0 atom stereocenters. The lowest BCUT2D eigenvalue weighted by Gasteiger charge is -2.07. The van der Waals surface area contributed by atoms with Gasteiger partial charge in [-0.3, -0.25) is 4.40 Å². The highest BCUT2D eigenvalue weighted by atomic mass is 32.2. The van der Waals surface area contributed by atoms with Crippen molar-refractivity contribution in [3.63, 3.8) is 0 Å². The van der Waals surface area contributed by atoms with E-state index in [1.807, 2.05) is 6.92 Å². The standard InChI is InChI=1S/C16H12N4O4S/c1-10-2-4-11(5-3-10)25(23,24)19-7-6-12-15(19)18-9-14-17-8-13(16(21)22)20(12)14/h2-9H,1H3,(H,21,22). The first-order chi connectivity index (χ1) is 11.9. The molecular formula is C16H12N4O4S. The molecule has 0 bridgehead atoms. The molecule has 0 aliphatic rings. The van der Waals surface area contributed by atoms with E-state index in [1.54, 1.807) is 12.1 Å². The zero-order chi connectivity index (χ0) is 17.8. The quantitative estimate of drug-likeness (QED) is 0.601. The second-order valence-electron chi connectivity index (χ2n) is 5.54. The van der Waals surface area contributed by atoms with Crippen LogP contribution in [0.2, 0.25) is 0 Å². The second-order valence-corrected chi connectivity index (χ2v) is 7.35. The molecule has 0 unspecified atom stereocenters. The van der Waals surface area contributed by atoms with E-state index in [0.29, 0.717) is 11.2 Å². The molecule has 0 aliphatic heterocycles. The van der Waals surface area contributed by atoms with Crippen molar-refractivity contribution in [3.05, 3.63) is 60.2 Å². The van der Waals surface area contributed by atoms with Crippen LogP contribution in [0.4, 0.5) is 0 Å². The Kier molecular flexibility index (Phi) is 3.16. The minimum absolute atomic E-state index is 0.0621. The van der Waals surface area contributed by atoms with Gasteiger partial charge in [-0.05, 0) is 25.1 Å². The van der Waals surface area contributed by atoms with Gasteiger partial charge in [0.2, 0.25) is 0 Å². The number of fused-ring (bicyclic) bond motifs is 3. The van der Waals surface area contributed by atoms with Crippen molar-refractivity contribution in [2.24, 2.45) is 0 Å². The number of carboxylic acids is 1. The molecular weight excluding hydrogens is 344 g/mol. The van der Waals surface area contributed by atoms with Gasteiger partial charge in [0.25, 0.3) is 10.0 Å². The fourth-order valence-corrected chi connectivity index (χ4v) is 3.99. The molecule has 1 N–H and O–H groups in total. The summed E-state index contributed by atoms with van der Waals surface area (Å²) in [5, 5.41) is 9.30. The third-order valence-corrected chi connectivity index (χ3v) is 5.62. The molecule has 1 aromatic carbocycles. The average Bonchev–Trinajstić information content (AvgIpc) is 3.19. The van der Waals surface area contributed by atoms with Gasteiger partial charge in [-0.25, -0.2) is 27.2 Å². The molecule has 3 heterocycles. The SMILES string of the molecule is Cc1ccc(S(=O)(=O)n2ccc3c2ncc2ncc(C(=O)O)n23)cc1. The average molecular weight is 356 g/mol. The summed E-state index contributed by atoms with van der Waals surface area (Å²) >= 11 is 0. The predicted molar refractivity (Wildman–Crippen MR) is 89.2 cm³/mol. The summed E-state index contributed by atoms with van der Waals surface area (Å²) in [7, 11) is -3.85. The number of carboxylic acid groups (broad SMARTS) is 1. The van der Waals surface area contributed by atoms with E-state index in [1.165, 1.54) is 41.2 Å². The Bertz CT molecular complexity index is 1240. The fourth-order valence-electron chi connectivity index (χ4n) is 2.69. The van der Waals surface area contributed by atoms with Crippen LogP contribution in [0.1, 0.15) is 16.1 Å². The predicted octanol–water partition coefficient (Wildman–Crippen LogP) is 1.93. The Morgan fingerprint density at radius 3 is 2.48 bits per heavy atom. The molecule has 0 aliphatic carbocycles. The number of aromatic nitrogens is 4. The monoisotopic (exact) mass is 356 g/mol. The highest BCUT2D eigenvalue weighted by molar-refractivity contribution is 7.90. The number of imidazole rings is 1. The van der Waals surface area contributed by atoms with Crippen LogP contribution in [0.15, 0.2) is 53.8 Å². The number of carbonyl (C=O) groups is 1. The van der Waals surface area contributed by atoms with Gasteiger partial charge in [0.15, 0.2) is 17.0 Å². The van der Waals surface area contributed by atoms with Crippen LogP contribution in [0.5, 0.6) is 0 Å². The fraction of sp³-hybridized carbons (Fsp3) is 0.0625. The molecule has 25 heavy (non-hydrogen) atoms. The van der Waals surface area contributed by atoms with Gasteiger partial charge >= 0.3 is 5.97 Å². The van der Waals surface area contributed by atoms with Crippen LogP contribution < -0.4 is 0 Å². The van der Waals surface area contributed by atoms with Crippen LogP contribution >= 0.6 is 0 Å². The number of benzene rings is 1. The third-order valence-electron chi connectivity index (χ3n) is 3.93. The van der Waals surface area contributed by atoms with Crippen molar-refractivity contribution in [1.82, 2.24) is 18.3 Å². The largest absolute Gasteiger partial charge is 0.477 e.